The highest BCUT2D eigenvalue weighted by atomic mass is 16.6. The third-order valence-corrected chi connectivity index (χ3v) is 4.21. The molecular weight excluding hydrogens is 368 g/mol. The zero-order chi connectivity index (χ0) is 21.6. The minimum atomic E-state index is 0.375. The number of likely N-dealkylation sites (tertiary alicyclic amines) is 1. The lowest BCUT2D eigenvalue weighted by molar-refractivity contribution is -0.714. The molecule has 0 unspecified atom stereocenters. The van der Waals surface area contributed by atoms with Crippen LogP contribution in [-0.2, 0) is 14.4 Å². The number of hydrogen-bond acceptors (Lipinski definition) is 5. The van der Waals surface area contributed by atoms with E-state index in [4.69, 9.17) is 9.63 Å². The molecule has 1 aromatic heterocycles. The second-order valence-electron chi connectivity index (χ2n) is 5.90. The van der Waals surface area contributed by atoms with Crippen LogP contribution in [0, 0.1) is 0 Å². The van der Waals surface area contributed by atoms with Gasteiger partial charge >= 0.3 is 0 Å². The minimum absolute atomic E-state index is 0.375. The highest BCUT2D eigenvalue weighted by molar-refractivity contribution is 5.51. The molecule has 1 aromatic carbocycles. The molecule has 1 aliphatic heterocycles. The molecule has 158 valence electrons. The van der Waals surface area contributed by atoms with E-state index in [0.29, 0.717) is 6.47 Å². The van der Waals surface area contributed by atoms with Crippen molar-refractivity contribution in [3.8, 4) is 0 Å². The lowest BCUT2D eigenvalue weighted by atomic mass is 10.3. The van der Waals surface area contributed by atoms with Crippen molar-refractivity contribution in [3.63, 3.8) is 0 Å². The van der Waals surface area contributed by atoms with E-state index in [0.717, 1.165) is 30.3 Å². The highest BCUT2D eigenvalue weighted by Gasteiger charge is 2.22. The molecule has 0 radical (unpaired) electrons. The lowest BCUT2D eigenvalue weighted by Gasteiger charge is -2.33. The first-order chi connectivity index (χ1) is 14.1. The van der Waals surface area contributed by atoms with Gasteiger partial charge in [-0.05, 0) is 25.0 Å². The Labute approximate surface area is 174 Å². The molecular formula is C22H33N4O3+. The first-order valence-electron chi connectivity index (χ1n) is 9.70. The zero-order valence-electron chi connectivity index (χ0n) is 18.0. The molecule has 0 amide bonds. The predicted octanol–water partition coefficient (Wildman–Crippen LogP) is 4.05. The van der Waals surface area contributed by atoms with Crippen molar-refractivity contribution in [2.24, 2.45) is 0 Å². The molecule has 0 N–H and O–H groups in total. The largest absolute Gasteiger partial charge is 0.471 e. The summed E-state index contributed by atoms with van der Waals surface area (Å²) in [6, 6.07) is 12.2. The van der Waals surface area contributed by atoms with Crippen LogP contribution in [0.5, 0.6) is 0 Å². The summed E-state index contributed by atoms with van der Waals surface area (Å²) in [5.41, 5.74) is 1.95. The standard InChI is InChI=1S/C18H23N4O.C2H4O2.C2H6/c1-16(20-12-7-8-13-20)22(17-9-5-4-6-10-17)21-14-11-18(15-21)19(2)23-3;1-4-2-3;1-2/h4-6,9-11,14-15H,1-2,7-8,12-13H2,3H3;2H,1H3;1-2H3/q+1;;. The van der Waals surface area contributed by atoms with Gasteiger partial charge in [0.2, 0.25) is 0 Å². The van der Waals surface area contributed by atoms with Crippen LogP contribution in [0.4, 0.5) is 11.4 Å². The maximum atomic E-state index is 8.95. The van der Waals surface area contributed by atoms with Crippen LogP contribution in [0.15, 0.2) is 61.2 Å². The molecule has 2 aromatic rings. The molecule has 1 saturated heterocycles. The molecule has 2 heterocycles. The number of hydrogen-bond donors (Lipinski definition) is 0. The highest BCUT2D eigenvalue weighted by Crippen LogP contribution is 2.26. The van der Waals surface area contributed by atoms with Crippen LogP contribution in [0.25, 0.3) is 0 Å². The maximum absolute atomic E-state index is 8.95. The van der Waals surface area contributed by atoms with Crippen LogP contribution < -0.4 is 5.01 Å². The third-order valence-electron chi connectivity index (χ3n) is 4.21. The van der Waals surface area contributed by atoms with Gasteiger partial charge in [-0.25, -0.2) is 5.01 Å². The summed E-state index contributed by atoms with van der Waals surface area (Å²) >= 11 is 0. The van der Waals surface area contributed by atoms with Gasteiger partial charge in [0.05, 0.1) is 12.8 Å². The summed E-state index contributed by atoms with van der Waals surface area (Å²) in [6.45, 7) is 14.7. The lowest BCUT2D eigenvalue weighted by Crippen LogP contribution is -2.36. The van der Waals surface area contributed by atoms with E-state index in [1.54, 1.807) is 7.11 Å². The summed E-state index contributed by atoms with van der Waals surface area (Å²) in [6.07, 6.45) is 6.40. The van der Waals surface area contributed by atoms with Gasteiger partial charge < -0.3 is 9.64 Å². The van der Waals surface area contributed by atoms with E-state index in [9.17, 15) is 0 Å². The Kier molecular flexibility index (Phi) is 10.7. The minimum Gasteiger partial charge on any atom is -0.471 e. The van der Waals surface area contributed by atoms with Crippen LogP contribution in [0.2, 0.25) is 0 Å². The molecule has 3 rings (SSSR count). The maximum Gasteiger partial charge on any atom is 0.292 e. The second-order valence-corrected chi connectivity index (χ2v) is 5.90. The Bertz CT molecular complexity index is 752. The van der Waals surface area contributed by atoms with Crippen molar-refractivity contribution in [2.75, 3.05) is 32.3 Å². The fourth-order valence-corrected chi connectivity index (χ4v) is 2.85. The Morgan fingerprint density at radius 2 is 1.72 bits per heavy atom. The molecule has 0 saturated carbocycles. The number of methoxy groups -OCH3 is 1. The van der Waals surface area contributed by atoms with Gasteiger partial charge in [-0.2, -0.15) is 0 Å². The topological polar surface area (TPSA) is 49.9 Å². The fourth-order valence-electron chi connectivity index (χ4n) is 2.85. The monoisotopic (exact) mass is 401 g/mol. The number of nitrogens with zero attached hydrogens (tertiary/aromatic N) is 4. The molecule has 7 nitrogen and oxygen atoms in total. The average Bonchev–Trinajstić information content (AvgIpc) is 3.48. The quantitative estimate of drug-likeness (QED) is 0.303. The van der Waals surface area contributed by atoms with E-state index in [1.165, 1.54) is 24.7 Å². The number of ether oxygens (including phenoxy) is 1. The van der Waals surface area contributed by atoms with Crippen molar-refractivity contribution in [3.05, 3.63) is 61.2 Å². The molecule has 1 aliphatic rings. The number of carbonyl (C=O) groups is 1. The van der Waals surface area contributed by atoms with Crippen LogP contribution in [-0.4, -0.2) is 54.8 Å². The summed E-state index contributed by atoms with van der Waals surface area (Å²) < 4.78 is 7.36. The number of anilines is 1. The average molecular weight is 402 g/mol. The van der Waals surface area contributed by atoms with Gasteiger partial charge in [0.1, 0.15) is 19.1 Å². The molecule has 1 fully saturated rings. The van der Waals surface area contributed by atoms with Crippen molar-refractivity contribution >= 4 is 24.6 Å². The van der Waals surface area contributed by atoms with Gasteiger partial charge in [-0.3, -0.25) is 14.3 Å². The molecule has 0 bridgehead atoms. The Morgan fingerprint density at radius 1 is 1.14 bits per heavy atom. The van der Waals surface area contributed by atoms with E-state index >= 15 is 0 Å². The number of para-hydroxylation sites is 1. The van der Waals surface area contributed by atoms with Crippen molar-refractivity contribution in [1.29, 1.82) is 0 Å². The van der Waals surface area contributed by atoms with Gasteiger partial charge in [-0.15, -0.1) is 0 Å². The van der Waals surface area contributed by atoms with E-state index in [-0.39, 0.29) is 0 Å². The van der Waals surface area contributed by atoms with Crippen molar-refractivity contribution in [2.45, 2.75) is 26.7 Å². The normalized spacial score (nSPS) is 11.9. The summed E-state index contributed by atoms with van der Waals surface area (Å²) in [7, 11) is 2.91. The molecule has 0 aliphatic carbocycles. The number of rotatable bonds is 7. The van der Waals surface area contributed by atoms with Crippen LogP contribution >= 0.6 is 0 Å². The van der Waals surface area contributed by atoms with Crippen LogP contribution in [0.3, 0.4) is 0 Å². The number of benzene rings is 1. The van der Waals surface area contributed by atoms with Gasteiger partial charge in [-0.1, -0.05) is 38.6 Å². The summed E-state index contributed by atoms with van der Waals surface area (Å²) in [5.74, 6) is 0.976. The van der Waals surface area contributed by atoms with Crippen molar-refractivity contribution in [1.82, 2.24) is 9.58 Å². The predicted molar refractivity (Wildman–Crippen MR) is 117 cm³/mol. The second kappa shape index (κ2) is 13.0. The smallest absolute Gasteiger partial charge is 0.292 e. The number of aromatic nitrogens is 1. The molecule has 0 spiro atoms. The van der Waals surface area contributed by atoms with Gasteiger partial charge in [0.25, 0.3) is 12.2 Å². The van der Waals surface area contributed by atoms with Gasteiger partial charge in [0.15, 0.2) is 6.72 Å². The van der Waals surface area contributed by atoms with Crippen molar-refractivity contribution < 1.29 is 19.1 Å². The van der Waals surface area contributed by atoms with Gasteiger partial charge in [0, 0.05) is 30.1 Å². The molecule has 29 heavy (non-hydrogen) atoms. The van der Waals surface area contributed by atoms with Crippen LogP contribution in [0.1, 0.15) is 26.7 Å². The zero-order valence-corrected chi connectivity index (χ0v) is 18.0. The first kappa shape index (κ1) is 23.8. The summed E-state index contributed by atoms with van der Waals surface area (Å²) in [4.78, 5) is 16.4. The number of carbonyl (C=O) groups excluding carboxylic acids is 1. The first-order valence-corrected chi connectivity index (χ1v) is 9.70. The molecule has 0 atom stereocenters. The fraction of sp³-hybridized carbons (Fsp3) is 0.364. The Balaban J connectivity index is 0.000000627. The Morgan fingerprint density at radius 3 is 2.24 bits per heavy atom. The SMILES string of the molecule is C=C(N1CCCC1)N(c1ccccc1)n1ccc([N+](=C)OC)c1.CC.COC=O. The third kappa shape index (κ3) is 6.71. The summed E-state index contributed by atoms with van der Waals surface area (Å²) in [5, 5.41) is 2.11. The Hall–Kier alpha value is -3.22. The van der Waals surface area contributed by atoms with E-state index < -0.39 is 0 Å². The van der Waals surface area contributed by atoms with E-state index in [1.807, 2.05) is 55.2 Å². The van der Waals surface area contributed by atoms with E-state index in [2.05, 4.69) is 40.1 Å². The molecule has 7 heteroatoms.